The molecule has 2 heteroatoms. The van der Waals surface area contributed by atoms with Crippen molar-refractivity contribution < 1.29 is 5.11 Å². The van der Waals surface area contributed by atoms with Gasteiger partial charge in [-0.2, -0.15) is 5.26 Å². The predicted molar refractivity (Wildman–Crippen MR) is 42.7 cm³/mol. The number of hydrogen-bond acceptors (Lipinski definition) is 2. The fraction of sp³-hybridized carbons (Fsp3) is 0.667. The summed E-state index contributed by atoms with van der Waals surface area (Å²) in [6.07, 6.45) is 4.44. The van der Waals surface area contributed by atoms with Crippen molar-refractivity contribution in [2.75, 3.05) is 0 Å². The number of nitriles is 1. The second kappa shape index (κ2) is 3.06. The first kappa shape index (κ1) is 8.29. The Bertz CT molecular complexity index is 194. The Kier molecular flexibility index (Phi) is 2.31. The van der Waals surface area contributed by atoms with Crippen molar-refractivity contribution in [3.05, 3.63) is 12.7 Å². The van der Waals surface area contributed by atoms with Crippen LogP contribution in [-0.2, 0) is 0 Å². The minimum Gasteiger partial charge on any atom is -0.391 e. The van der Waals surface area contributed by atoms with Crippen molar-refractivity contribution in [3.63, 3.8) is 0 Å². The molecule has 11 heavy (non-hydrogen) atoms. The van der Waals surface area contributed by atoms with Gasteiger partial charge in [0.25, 0.3) is 0 Å². The second-order valence-corrected chi connectivity index (χ2v) is 3.17. The van der Waals surface area contributed by atoms with Crippen LogP contribution in [0.3, 0.4) is 0 Å². The number of allylic oxidation sites excluding steroid dienone is 1. The third-order valence-corrected chi connectivity index (χ3v) is 2.47. The number of aliphatic hydroxyl groups is 1. The lowest BCUT2D eigenvalue weighted by atomic mass is 9.82. The van der Waals surface area contributed by atoms with Gasteiger partial charge < -0.3 is 5.11 Å². The molecule has 2 nitrogen and oxygen atoms in total. The average Bonchev–Trinajstić information content (AvgIpc) is 2.35. The number of nitrogens with zero attached hydrogens (tertiary/aromatic N) is 1. The van der Waals surface area contributed by atoms with Gasteiger partial charge in [-0.05, 0) is 25.7 Å². The highest BCUT2D eigenvalue weighted by Gasteiger charge is 2.41. The van der Waals surface area contributed by atoms with Gasteiger partial charge in [-0.15, -0.1) is 6.58 Å². The Balaban J connectivity index is 2.75. The van der Waals surface area contributed by atoms with Gasteiger partial charge >= 0.3 is 0 Å². The molecule has 1 aliphatic carbocycles. The maximum Gasteiger partial charge on any atom is 0.0866 e. The van der Waals surface area contributed by atoms with Crippen molar-refractivity contribution >= 4 is 0 Å². The molecule has 60 valence electrons. The molecule has 1 N–H and O–H groups in total. The maximum atomic E-state index is 9.50. The van der Waals surface area contributed by atoms with Crippen LogP contribution in [-0.4, -0.2) is 11.2 Å². The van der Waals surface area contributed by atoms with Gasteiger partial charge in [0.1, 0.15) is 0 Å². The van der Waals surface area contributed by atoms with E-state index in [1.54, 1.807) is 6.08 Å². The monoisotopic (exact) mass is 151 g/mol. The molecule has 0 aliphatic heterocycles. The molecule has 0 bridgehead atoms. The van der Waals surface area contributed by atoms with Crippen molar-refractivity contribution in [2.45, 2.75) is 31.8 Å². The van der Waals surface area contributed by atoms with Crippen molar-refractivity contribution in [1.82, 2.24) is 0 Å². The van der Waals surface area contributed by atoms with E-state index in [1.165, 1.54) is 0 Å². The van der Waals surface area contributed by atoms with E-state index in [2.05, 4.69) is 12.6 Å². The SMILES string of the molecule is C=CC[C@@]1(C#N)CCC[C@@H]1O. The van der Waals surface area contributed by atoms with E-state index in [-0.39, 0.29) is 0 Å². The molecule has 2 atom stereocenters. The van der Waals surface area contributed by atoms with E-state index in [0.717, 1.165) is 19.3 Å². The minimum atomic E-state index is -0.512. The Morgan fingerprint density at radius 2 is 2.55 bits per heavy atom. The molecular weight excluding hydrogens is 138 g/mol. The molecule has 0 spiro atoms. The second-order valence-electron chi connectivity index (χ2n) is 3.17. The summed E-state index contributed by atoms with van der Waals surface area (Å²) in [7, 11) is 0. The van der Waals surface area contributed by atoms with Gasteiger partial charge in [0.15, 0.2) is 0 Å². The van der Waals surface area contributed by atoms with Gasteiger partial charge in [0, 0.05) is 0 Å². The van der Waals surface area contributed by atoms with Gasteiger partial charge in [0.2, 0.25) is 0 Å². The van der Waals surface area contributed by atoms with Crippen LogP contribution in [0.15, 0.2) is 12.7 Å². The lowest BCUT2D eigenvalue weighted by Crippen LogP contribution is -2.27. The molecule has 0 aromatic heterocycles. The molecule has 0 radical (unpaired) electrons. The Hall–Kier alpha value is -0.810. The first-order chi connectivity index (χ1) is 5.25. The van der Waals surface area contributed by atoms with Crippen LogP contribution < -0.4 is 0 Å². The van der Waals surface area contributed by atoms with E-state index in [0.29, 0.717) is 6.42 Å². The van der Waals surface area contributed by atoms with E-state index in [4.69, 9.17) is 5.26 Å². The number of hydrogen-bond donors (Lipinski definition) is 1. The van der Waals surface area contributed by atoms with Crippen LogP contribution >= 0.6 is 0 Å². The van der Waals surface area contributed by atoms with Gasteiger partial charge in [-0.3, -0.25) is 0 Å². The molecule has 0 heterocycles. The zero-order valence-corrected chi connectivity index (χ0v) is 6.58. The van der Waals surface area contributed by atoms with E-state index >= 15 is 0 Å². The molecule has 0 aromatic carbocycles. The first-order valence-electron chi connectivity index (χ1n) is 3.95. The highest BCUT2D eigenvalue weighted by atomic mass is 16.3. The summed E-state index contributed by atoms with van der Waals surface area (Å²) >= 11 is 0. The minimum absolute atomic E-state index is 0.439. The fourth-order valence-corrected chi connectivity index (χ4v) is 1.73. The highest BCUT2D eigenvalue weighted by Crippen LogP contribution is 2.40. The maximum absolute atomic E-state index is 9.50. The quantitative estimate of drug-likeness (QED) is 0.609. The molecule has 1 aliphatic rings. The van der Waals surface area contributed by atoms with Crippen molar-refractivity contribution in [1.29, 1.82) is 5.26 Å². The third-order valence-electron chi connectivity index (χ3n) is 2.47. The predicted octanol–water partition coefficient (Wildman–Crippen LogP) is 1.62. The summed E-state index contributed by atoms with van der Waals surface area (Å²) in [6.45, 7) is 3.59. The largest absolute Gasteiger partial charge is 0.391 e. The summed E-state index contributed by atoms with van der Waals surface area (Å²) in [5.74, 6) is 0. The molecule has 1 fully saturated rings. The van der Waals surface area contributed by atoms with Crippen LogP contribution in [0.25, 0.3) is 0 Å². The van der Waals surface area contributed by atoms with Gasteiger partial charge in [0.05, 0.1) is 17.6 Å². The van der Waals surface area contributed by atoms with Crippen LogP contribution in [0.2, 0.25) is 0 Å². The van der Waals surface area contributed by atoms with Crippen LogP contribution in [0.4, 0.5) is 0 Å². The topological polar surface area (TPSA) is 44.0 Å². The standard InChI is InChI=1S/C9H13NO/c1-2-5-9(7-10)6-3-4-8(9)11/h2,8,11H,1,3-6H2/t8-,9-/m0/s1. The van der Waals surface area contributed by atoms with Gasteiger partial charge in [-0.25, -0.2) is 0 Å². The zero-order chi connectivity index (χ0) is 8.32. The summed E-state index contributed by atoms with van der Waals surface area (Å²) in [5, 5.41) is 18.4. The molecule has 0 amide bonds. The fourth-order valence-electron chi connectivity index (χ4n) is 1.73. The lowest BCUT2D eigenvalue weighted by Gasteiger charge is -2.22. The zero-order valence-electron chi connectivity index (χ0n) is 6.58. The number of rotatable bonds is 2. The molecule has 1 saturated carbocycles. The lowest BCUT2D eigenvalue weighted by molar-refractivity contribution is 0.0935. The van der Waals surface area contributed by atoms with Crippen molar-refractivity contribution in [2.24, 2.45) is 5.41 Å². The highest BCUT2D eigenvalue weighted by molar-refractivity contribution is 5.09. The average molecular weight is 151 g/mol. The van der Waals surface area contributed by atoms with Crippen LogP contribution in [0.5, 0.6) is 0 Å². The Labute approximate surface area is 67.2 Å². The number of aliphatic hydroxyl groups excluding tert-OH is 1. The Morgan fingerprint density at radius 3 is 2.91 bits per heavy atom. The van der Waals surface area contributed by atoms with E-state index in [1.807, 2.05) is 0 Å². The molecule has 0 unspecified atom stereocenters. The van der Waals surface area contributed by atoms with Crippen LogP contribution in [0, 0.1) is 16.7 Å². The summed E-state index contributed by atoms with van der Waals surface area (Å²) in [6, 6.07) is 2.21. The summed E-state index contributed by atoms with van der Waals surface area (Å²) in [4.78, 5) is 0. The van der Waals surface area contributed by atoms with E-state index in [9.17, 15) is 5.11 Å². The Morgan fingerprint density at radius 1 is 1.82 bits per heavy atom. The van der Waals surface area contributed by atoms with E-state index < -0.39 is 11.5 Å². The third kappa shape index (κ3) is 1.29. The summed E-state index contributed by atoms with van der Waals surface area (Å²) < 4.78 is 0. The molecule has 0 saturated heterocycles. The summed E-state index contributed by atoms with van der Waals surface area (Å²) in [5.41, 5.74) is -0.512. The molecular formula is C9H13NO. The van der Waals surface area contributed by atoms with Crippen molar-refractivity contribution in [3.8, 4) is 6.07 Å². The smallest absolute Gasteiger partial charge is 0.0866 e. The van der Waals surface area contributed by atoms with Crippen LogP contribution in [0.1, 0.15) is 25.7 Å². The molecule has 0 aromatic rings. The van der Waals surface area contributed by atoms with Gasteiger partial charge in [-0.1, -0.05) is 6.08 Å². The first-order valence-corrected chi connectivity index (χ1v) is 3.95. The molecule has 1 rings (SSSR count). The normalized spacial score (nSPS) is 36.5.